The number of hydrogen-bond donors (Lipinski definition) is 0. The van der Waals surface area contributed by atoms with Crippen LogP contribution in [0.5, 0.6) is 0 Å². The highest BCUT2D eigenvalue weighted by molar-refractivity contribution is 8.62. The van der Waals surface area contributed by atoms with E-state index in [4.69, 9.17) is 16.3 Å². The monoisotopic (exact) mass is 415 g/mol. The van der Waals surface area contributed by atoms with Crippen molar-refractivity contribution in [3.8, 4) is 0 Å². The van der Waals surface area contributed by atoms with Gasteiger partial charge < -0.3 is 0 Å². The molecule has 1 saturated carbocycles. The van der Waals surface area contributed by atoms with E-state index in [1.807, 2.05) is 13.8 Å². The van der Waals surface area contributed by atoms with Crippen molar-refractivity contribution in [2.45, 2.75) is 44.1 Å². The first-order chi connectivity index (χ1) is 11.6. The van der Waals surface area contributed by atoms with Gasteiger partial charge in [0.2, 0.25) is 17.6 Å². The second-order valence-corrected chi connectivity index (χ2v) is 10.7. The fourth-order valence-corrected chi connectivity index (χ4v) is 6.18. The summed E-state index contributed by atoms with van der Waals surface area (Å²) in [7, 11) is 0. The third kappa shape index (κ3) is 4.59. The van der Waals surface area contributed by atoms with Crippen molar-refractivity contribution in [3.63, 3.8) is 0 Å². The summed E-state index contributed by atoms with van der Waals surface area (Å²) in [5.74, 6) is -9.42. The molecule has 0 aromatic heterocycles. The summed E-state index contributed by atoms with van der Waals surface area (Å²) in [5, 5.41) is 0. The van der Waals surface area contributed by atoms with E-state index in [2.05, 4.69) is 6.58 Å². The first-order valence-corrected chi connectivity index (χ1v) is 11.3. The van der Waals surface area contributed by atoms with Crippen LogP contribution in [-0.4, -0.2) is 6.10 Å². The maximum atomic E-state index is 13.7. The quantitative estimate of drug-likeness (QED) is 0.175. The van der Waals surface area contributed by atoms with Crippen LogP contribution in [0, 0.1) is 40.9 Å². The van der Waals surface area contributed by atoms with Crippen LogP contribution in [0.15, 0.2) is 17.0 Å². The van der Waals surface area contributed by atoms with E-state index < -0.39 is 40.1 Å². The van der Waals surface area contributed by atoms with Crippen molar-refractivity contribution in [3.05, 3.63) is 41.2 Å². The molecule has 0 aliphatic heterocycles. The second-order valence-electron chi connectivity index (χ2n) is 6.19. The number of rotatable bonds is 5. The van der Waals surface area contributed by atoms with Gasteiger partial charge in [0, 0.05) is 0 Å². The number of benzene rings is 1. The van der Waals surface area contributed by atoms with Crippen molar-refractivity contribution in [2.75, 3.05) is 0 Å². The third-order valence-corrected chi connectivity index (χ3v) is 7.69. The van der Waals surface area contributed by atoms with E-state index in [-0.39, 0.29) is 17.9 Å². The van der Waals surface area contributed by atoms with Crippen molar-refractivity contribution in [1.29, 1.82) is 0 Å². The number of halogens is 5. The zero-order valence-electron chi connectivity index (χ0n) is 13.6. The molecule has 1 aliphatic rings. The van der Waals surface area contributed by atoms with E-state index >= 15 is 0 Å². The standard InChI is InChI=1S/C16H17F5OPS2/c1-7(2)9-5-4-8(3)10(6-9)22-23(24)25-16-14(20)12(18)11(17)13(19)15(16)21/h8-10H,1,4-6H2,2-3H3/q+1/t8-,9-,10+/m1/s1. The Morgan fingerprint density at radius 3 is 2.12 bits per heavy atom. The van der Waals surface area contributed by atoms with E-state index in [9.17, 15) is 22.0 Å². The Morgan fingerprint density at radius 2 is 1.60 bits per heavy atom. The highest BCUT2D eigenvalue weighted by Crippen LogP contribution is 2.51. The summed E-state index contributed by atoms with van der Waals surface area (Å²) in [5.41, 5.74) is 1.03. The Balaban J connectivity index is 2.14. The molecule has 2 rings (SSSR count). The van der Waals surface area contributed by atoms with Gasteiger partial charge in [-0.1, -0.05) is 19.1 Å². The molecule has 138 valence electrons. The highest BCUT2D eigenvalue weighted by Gasteiger charge is 2.37. The first-order valence-electron chi connectivity index (χ1n) is 7.62. The van der Waals surface area contributed by atoms with Gasteiger partial charge >= 0.3 is 6.13 Å². The van der Waals surface area contributed by atoms with Gasteiger partial charge in [-0.2, -0.15) is 4.52 Å². The van der Waals surface area contributed by atoms with Crippen molar-refractivity contribution in [2.24, 2.45) is 11.8 Å². The minimum Gasteiger partial charge on any atom is -0.202 e. The Hall–Kier alpha value is -0.560. The van der Waals surface area contributed by atoms with E-state index in [0.717, 1.165) is 18.4 Å². The minimum atomic E-state index is -2.18. The van der Waals surface area contributed by atoms with Crippen LogP contribution in [-0.2, 0) is 16.3 Å². The first kappa shape index (κ1) is 20.7. The minimum absolute atomic E-state index is 0.195. The molecule has 0 spiro atoms. The van der Waals surface area contributed by atoms with Crippen molar-refractivity contribution >= 4 is 29.3 Å². The molecule has 0 amide bonds. The fourth-order valence-electron chi connectivity index (χ4n) is 2.75. The lowest BCUT2D eigenvalue weighted by Gasteiger charge is -2.31. The summed E-state index contributed by atoms with van der Waals surface area (Å²) in [6, 6.07) is 0. The third-order valence-electron chi connectivity index (χ3n) is 4.38. The van der Waals surface area contributed by atoms with Gasteiger partial charge in [-0.15, -0.1) is 0 Å². The van der Waals surface area contributed by atoms with Gasteiger partial charge in [0.05, 0.1) is 0 Å². The Bertz CT molecular complexity index is 683. The molecule has 0 saturated heterocycles. The van der Waals surface area contributed by atoms with E-state index in [1.54, 1.807) is 0 Å². The van der Waals surface area contributed by atoms with Gasteiger partial charge in [-0.05, 0) is 38.0 Å². The van der Waals surface area contributed by atoms with E-state index in [0.29, 0.717) is 17.8 Å². The largest absolute Gasteiger partial charge is 0.420 e. The average Bonchev–Trinajstić information content (AvgIpc) is 2.57. The van der Waals surface area contributed by atoms with Gasteiger partial charge in [-0.25, -0.2) is 22.0 Å². The fraction of sp³-hybridized carbons (Fsp3) is 0.500. The van der Waals surface area contributed by atoms with Crippen LogP contribution in [0.25, 0.3) is 0 Å². The van der Waals surface area contributed by atoms with E-state index in [1.165, 1.54) is 0 Å². The maximum absolute atomic E-state index is 13.7. The van der Waals surface area contributed by atoms with Crippen LogP contribution in [0.2, 0.25) is 0 Å². The molecule has 0 N–H and O–H groups in total. The van der Waals surface area contributed by atoms with Crippen LogP contribution in [0.1, 0.15) is 33.1 Å². The SMILES string of the molecule is C=C(C)[C@@H]1CC[C@@H](C)[C@@H](O[P+](=S)Sc2c(F)c(F)c(F)c(F)c2F)C1. The summed E-state index contributed by atoms with van der Waals surface area (Å²) < 4.78 is 72.8. The second kappa shape index (κ2) is 8.42. The molecular formula is C16H17F5OPS2+. The lowest BCUT2D eigenvalue weighted by molar-refractivity contribution is 0.101. The molecule has 4 atom stereocenters. The topological polar surface area (TPSA) is 9.23 Å². The number of allylic oxidation sites excluding steroid dienone is 1. The molecule has 0 bridgehead atoms. The zero-order valence-corrected chi connectivity index (χ0v) is 16.1. The molecule has 9 heteroatoms. The molecule has 1 unspecified atom stereocenters. The normalized spacial score (nSPS) is 24.3. The van der Waals surface area contributed by atoms with Crippen molar-refractivity contribution < 1.29 is 26.5 Å². The summed E-state index contributed by atoms with van der Waals surface area (Å²) in [6.07, 6.45) is 0.458. The predicted octanol–water partition coefficient (Wildman–Crippen LogP) is 6.65. The van der Waals surface area contributed by atoms with Crippen LogP contribution < -0.4 is 0 Å². The Labute approximate surface area is 153 Å². The maximum Gasteiger partial charge on any atom is 0.420 e. The molecule has 0 heterocycles. The molecule has 0 radical (unpaired) electrons. The van der Waals surface area contributed by atoms with Gasteiger partial charge in [0.15, 0.2) is 34.7 Å². The summed E-state index contributed by atoms with van der Waals surface area (Å²) in [6.45, 7) is 7.85. The van der Waals surface area contributed by atoms with Crippen LogP contribution >= 0.6 is 17.5 Å². The Morgan fingerprint density at radius 1 is 1.08 bits per heavy atom. The summed E-state index contributed by atoms with van der Waals surface area (Å²) in [4.78, 5) is -0.988. The Kier molecular flexibility index (Phi) is 6.99. The van der Waals surface area contributed by atoms with Crippen molar-refractivity contribution in [1.82, 2.24) is 0 Å². The number of hydrogen-bond acceptors (Lipinski definition) is 3. The molecule has 1 aliphatic carbocycles. The molecule has 1 aromatic carbocycles. The average molecular weight is 415 g/mol. The van der Waals surface area contributed by atoms with Crippen LogP contribution in [0.3, 0.4) is 0 Å². The van der Waals surface area contributed by atoms with Gasteiger partial charge in [-0.3, -0.25) is 0 Å². The lowest BCUT2D eigenvalue weighted by Crippen LogP contribution is -2.28. The molecular weight excluding hydrogens is 398 g/mol. The highest BCUT2D eigenvalue weighted by atomic mass is 32.9. The molecule has 1 aromatic rings. The predicted molar refractivity (Wildman–Crippen MR) is 92.6 cm³/mol. The summed E-state index contributed by atoms with van der Waals surface area (Å²) >= 11 is 5.48. The molecule has 1 fully saturated rings. The lowest BCUT2D eigenvalue weighted by atomic mass is 9.78. The zero-order chi connectivity index (χ0) is 18.9. The smallest absolute Gasteiger partial charge is 0.202 e. The van der Waals surface area contributed by atoms with Gasteiger partial charge in [0.1, 0.15) is 11.0 Å². The molecule has 25 heavy (non-hydrogen) atoms. The molecule has 1 nitrogen and oxygen atoms in total. The van der Waals surface area contributed by atoms with Gasteiger partial charge in [0.25, 0.3) is 0 Å². The van der Waals surface area contributed by atoms with Crippen LogP contribution in [0.4, 0.5) is 22.0 Å².